The number of benzene rings is 2. The second kappa shape index (κ2) is 8.45. The second-order valence-corrected chi connectivity index (χ2v) is 7.03. The summed E-state index contributed by atoms with van der Waals surface area (Å²) in [5.41, 5.74) is 1.73. The molecule has 0 aliphatic rings. The maximum absolute atomic E-state index is 12.2. The van der Waals surface area contributed by atoms with Gasteiger partial charge in [-0.25, -0.2) is 4.79 Å². The zero-order valence-electron chi connectivity index (χ0n) is 13.2. The molecule has 0 unspecified atom stereocenters. The quantitative estimate of drug-likeness (QED) is 0.274. The average molecular weight is 450 g/mol. The van der Waals surface area contributed by atoms with E-state index in [0.717, 1.165) is 10.0 Å². The van der Waals surface area contributed by atoms with Crippen molar-refractivity contribution in [1.29, 1.82) is 0 Å². The first-order chi connectivity index (χ1) is 12.5. The van der Waals surface area contributed by atoms with E-state index in [4.69, 9.17) is 27.9 Å². The van der Waals surface area contributed by atoms with Crippen molar-refractivity contribution < 1.29 is 9.53 Å². The monoisotopic (exact) mass is 448 g/mol. The Bertz CT molecular complexity index is 958. The summed E-state index contributed by atoms with van der Waals surface area (Å²) in [6.45, 7) is 0. The molecule has 0 saturated carbocycles. The molecule has 2 aromatic carbocycles. The van der Waals surface area contributed by atoms with Crippen LogP contribution in [0.1, 0.15) is 15.9 Å². The van der Waals surface area contributed by atoms with Crippen LogP contribution in [-0.2, 0) is 0 Å². The highest BCUT2D eigenvalue weighted by atomic mass is 79.9. The van der Waals surface area contributed by atoms with Crippen LogP contribution in [-0.4, -0.2) is 17.2 Å². The number of carbonyl (C=O) groups excluding carboxylic acids is 1. The van der Waals surface area contributed by atoms with Crippen LogP contribution >= 0.6 is 39.1 Å². The van der Waals surface area contributed by atoms with Crippen LogP contribution in [0.4, 0.5) is 5.69 Å². The Kier molecular flexibility index (Phi) is 6.04. The van der Waals surface area contributed by atoms with Crippen molar-refractivity contribution in [2.75, 3.05) is 0 Å². The molecule has 4 nitrogen and oxygen atoms in total. The molecular formula is C19H11BrCl2N2O2. The van der Waals surface area contributed by atoms with Crippen molar-refractivity contribution >= 4 is 57.0 Å². The van der Waals surface area contributed by atoms with Crippen LogP contribution in [0.15, 0.2) is 70.4 Å². The number of carbonyl (C=O) groups is 1. The SMILES string of the molecule is O=C(Oc1cc(Br)cc(C=Nc2cc(Cl)cc(Cl)c2)c1)c1cccnc1. The Hall–Kier alpha value is -2.21. The summed E-state index contributed by atoms with van der Waals surface area (Å²) >= 11 is 15.3. The molecule has 0 spiro atoms. The van der Waals surface area contributed by atoms with Crippen molar-refractivity contribution in [1.82, 2.24) is 4.98 Å². The molecule has 0 saturated heterocycles. The minimum atomic E-state index is -0.485. The van der Waals surface area contributed by atoms with Gasteiger partial charge < -0.3 is 4.74 Å². The highest BCUT2D eigenvalue weighted by molar-refractivity contribution is 9.10. The summed E-state index contributed by atoms with van der Waals surface area (Å²) in [6, 6.07) is 13.6. The largest absolute Gasteiger partial charge is 0.423 e. The van der Waals surface area contributed by atoms with Crippen LogP contribution in [0.5, 0.6) is 5.75 Å². The second-order valence-electron chi connectivity index (χ2n) is 5.24. The topological polar surface area (TPSA) is 51.5 Å². The van der Waals surface area contributed by atoms with E-state index in [9.17, 15) is 4.79 Å². The molecule has 0 amide bonds. The summed E-state index contributed by atoms with van der Waals surface area (Å²) in [6.07, 6.45) is 4.67. The predicted molar refractivity (Wildman–Crippen MR) is 107 cm³/mol. The number of pyridine rings is 1. The average Bonchev–Trinajstić information content (AvgIpc) is 2.59. The fourth-order valence-electron chi connectivity index (χ4n) is 2.13. The van der Waals surface area contributed by atoms with Gasteiger partial charge in [-0.15, -0.1) is 0 Å². The Morgan fingerprint density at radius 3 is 2.58 bits per heavy atom. The molecule has 0 aliphatic heterocycles. The van der Waals surface area contributed by atoms with Crippen molar-refractivity contribution in [2.45, 2.75) is 0 Å². The lowest BCUT2D eigenvalue weighted by molar-refractivity contribution is 0.0734. The van der Waals surface area contributed by atoms with Crippen molar-refractivity contribution in [3.8, 4) is 5.75 Å². The Balaban J connectivity index is 1.81. The van der Waals surface area contributed by atoms with Gasteiger partial charge in [-0.2, -0.15) is 0 Å². The van der Waals surface area contributed by atoms with E-state index in [1.54, 1.807) is 54.9 Å². The molecule has 130 valence electrons. The third-order valence-corrected chi connectivity index (χ3v) is 4.11. The minimum Gasteiger partial charge on any atom is -0.423 e. The fourth-order valence-corrected chi connectivity index (χ4v) is 3.13. The number of rotatable bonds is 4. The van der Waals surface area contributed by atoms with Gasteiger partial charge in [0.05, 0.1) is 11.3 Å². The van der Waals surface area contributed by atoms with Gasteiger partial charge in [0.2, 0.25) is 0 Å². The summed E-state index contributed by atoms with van der Waals surface area (Å²) in [5, 5.41) is 1.01. The van der Waals surface area contributed by atoms with E-state index in [2.05, 4.69) is 25.9 Å². The van der Waals surface area contributed by atoms with Gasteiger partial charge in [-0.3, -0.25) is 9.98 Å². The Labute approximate surface area is 168 Å². The molecule has 26 heavy (non-hydrogen) atoms. The molecule has 3 rings (SSSR count). The molecule has 0 N–H and O–H groups in total. The van der Waals surface area contributed by atoms with Gasteiger partial charge in [-0.05, 0) is 54.1 Å². The van der Waals surface area contributed by atoms with Crippen LogP contribution in [0, 0.1) is 0 Å². The lowest BCUT2D eigenvalue weighted by Gasteiger charge is -2.06. The molecule has 7 heteroatoms. The van der Waals surface area contributed by atoms with E-state index < -0.39 is 5.97 Å². The molecule has 0 aliphatic carbocycles. The van der Waals surface area contributed by atoms with E-state index in [1.807, 2.05) is 6.07 Å². The van der Waals surface area contributed by atoms with Gasteiger partial charge in [0.1, 0.15) is 5.75 Å². The standard InChI is InChI=1S/C19H11BrCl2N2O2/c20-14-4-12(10-24-17-8-15(21)7-16(22)9-17)5-18(6-14)26-19(25)13-2-1-3-23-11-13/h1-11H. The predicted octanol–water partition coefficient (Wildman–Crippen LogP) is 6.12. The van der Waals surface area contributed by atoms with Crippen molar-refractivity contribution in [2.24, 2.45) is 4.99 Å². The van der Waals surface area contributed by atoms with E-state index >= 15 is 0 Å². The van der Waals surface area contributed by atoms with Crippen LogP contribution < -0.4 is 4.74 Å². The third kappa shape index (κ3) is 5.14. The fraction of sp³-hybridized carbons (Fsp3) is 0. The van der Waals surface area contributed by atoms with E-state index in [1.165, 1.54) is 6.20 Å². The first-order valence-corrected chi connectivity index (χ1v) is 8.97. The number of ether oxygens (including phenoxy) is 1. The van der Waals surface area contributed by atoms with E-state index in [-0.39, 0.29) is 0 Å². The number of halogens is 3. The number of hydrogen-bond acceptors (Lipinski definition) is 4. The normalized spacial score (nSPS) is 10.9. The molecule has 0 bridgehead atoms. The van der Waals surface area contributed by atoms with Gasteiger partial charge in [0.25, 0.3) is 0 Å². The zero-order valence-corrected chi connectivity index (χ0v) is 16.3. The molecule has 3 aromatic rings. The lowest BCUT2D eigenvalue weighted by Crippen LogP contribution is -2.08. The molecule has 0 radical (unpaired) electrons. The maximum atomic E-state index is 12.2. The number of nitrogens with zero attached hydrogens (tertiary/aromatic N) is 2. The van der Waals surface area contributed by atoms with Gasteiger partial charge >= 0.3 is 5.97 Å². The smallest absolute Gasteiger partial charge is 0.345 e. The molecule has 0 fully saturated rings. The number of hydrogen-bond donors (Lipinski definition) is 0. The number of aromatic nitrogens is 1. The van der Waals surface area contributed by atoms with Crippen LogP contribution in [0.25, 0.3) is 0 Å². The van der Waals surface area contributed by atoms with Gasteiger partial charge in [-0.1, -0.05) is 39.1 Å². The zero-order chi connectivity index (χ0) is 18.5. The molecule has 1 aromatic heterocycles. The molecule has 0 atom stereocenters. The first kappa shape index (κ1) is 18.6. The third-order valence-electron chi connectivity index (χ3n) is 3.21. The minimum absolute atomic E-state index is 0.372. The molecular weight excluding hydrogens is 439 g/mol. The van der Waals surface area contributed by atoms with Gasteiger partial charge in [0, 0.05) is 33.1 Å². The Morgan fingerprint density at radius 1 is 1.12 bits per heavy atom. The van der Waals surface area contributed by atoms with Crippen LogP contribution in [0.3, 0.4) is 0 Å². The first-order valence-electron chi connectivity index (χ1n) is 7.42. The number of esters is 1. The lowest BCUT2D eigenvalue weighted by atomic mass is 10.2. The molecule has 1 heterocycles. The van der Waals surface area contributed by atoms with Crippen LogP contribution in [0.2, 0.25) is 10.0 Å². The van der Waals surface area contributed by atoms with Gasteiger partial charge in [0.15, 0.2) is 0 Å². The maximum Gasteiger partial charge on any atom is 0.345 e. The van der Waals surface area contributed by atoms with Crippen molar-refractivity contribution in [3.05, 3.63) is 86.6 Å². The summed E-state index contributed by atoms with van der Waals surface area (Å²) in [4.78, 5) is 20.4. The summed E-state index contributed by atoms with van der Waals surface area (Å²) in [5.74, 6) is -0.0977. The Morgan fingerprint density at radius 2 is 1.88 bits per heavy atom. The van der Waals surface area contributed by atoms with E-state index in [0.29, 0.717) is 27.0 Å². The highest BCUT2D eigenvalue weighted by Crippen LogP contribution is 2.25. The summed E-state index contributed by atoms with van der Waals surface area (Å²) in [7, 11) is 0. The summed E-state index contributed by atoms with van der Waals surface area (Å²) < 4.78 is 6.15. The van der Waals surface area contributed by atoms with Crippen molar-refractivity contribution in [3.63, 3.8) is 0 Å². The highest BCUT2D eigenvalue weighted by Gasteiger charge is 2.09. The number of aliphatic imine (C=N–C) groups is 1.